The van der Waals surface area contributed by atoms with Crippen LogP contribution >= 0.6 is 11.6 Å². The normalized spacial score (nSPS) is 17.9. The van der Waals surface area contributed by atoms with E-state index in [1.54, 1.807) is 54.6 Å². The van der Waals surface area contributed by atoms with Crippen LogP contribution in [0.4, 0.5) is 0 Å². The molecule has 1 saturated heterocycles. The summed E-state index contributed by atoms with van der Waals surface area (Å²) < 4.78 is 38.1. The van der Waals surface area contributed by atoms with Crippen molar-refractivity contribution in [3.63, 3.8) is 0 Å². The summed E-state index contributed by atoms with van der Waals surface area (Å²) in [5.41, 5.74) is 0.950. The number of halogens is 1. The Morgan fingerprint density at radius 1 is 1.12 bits per heavy atom. The van der Waals surface area contributed by atoms with Crippen molar-refractivity contribution in [1.29, 1.82) is 0 Å². The number of carbonyl (C=O) groups excluding carboxylic acids is 3. The summed E-state index contributed by atoms with van der Waals surface area (Å²) in [7, 11) is -2.79. The predicted octanol–water partition coefficient (Wildman–Crippen LogP) is 3.56. The maximum atomic E-state index is 14.1. The van der Waals surface area contributed by atoms with Crippen LogP contribution in [-0.4, -0.2) is 68.3 Å². The lowest BCUT2D eigenvalue weighted by atomic mass is 10.0. The van der Waals surface area contributed by atoms with Gasteiger partial charge in [0.15, 0.2) is 0 Å². The quantitative estimate of drug-likeness (QED) is 0.372. The zero-order chi connectivity index (χ0) is 29.9. The van der Waals surface area contributed by atoms with Crippen molar-refractivity contribution in [2.24, 2.45) is 0 Å². The zero-order valence-electron chi connectivity index (χ0n) is 22.9. The van der Waals surface area contributed by atoms with Gasteiger partial charge in [-0.3, -0.25) is 14.4 Å². The van der Waals surface area contributed by atoms with Crippen molar-refractivity contribution in [2.45, 2.75) is 36.4 Å². The molecule has 0 saturated carbocycles. The molecule has 2 aliphatic rings. The Bertz CT molecular complexity index is 1610. The molecule has 3 aromatic carbocycles. The van der Waals surface area contributed by atoms with Gasteiger partial charge in [-0.2, -0.15) is 0 Å². The summed E-state index contributed by atoms with van der Waals surface area (Å²) in [5.74, 6) is -1.61. The van der Waals surface area contributed by atoms with Gasteiger partial charge >= 0.3 is 0 Å². The molecule has 1 N–H and O–H groups in total. The largest absolute Gasteiger partial charge is 0.497 e. The molecule has 1 fully saturated rings. The molecule has 0 unspecified atom stereocenters. The summed E-state index contributed by atoms with van der Waals surface area (Å²) in [6, 6.07) is 18.1. The van der Waals surface area contributed by atoms with E-state index in [-0.39, 0.29) is 29.7 Å². The van der Waals surface area contributed by atoms with Crippen LogP contribution in [0, 0.1) is 0 Å². The molecule has 3 amide bonds. The molecule has 5 rings (SSSR count). The van der Waals surface area contributed by atoms with Crippen molar-refractivity contribution in [1.82, 2.24) is 14.5 Å². The van der Waals surface area contributed by atoms with Crippen LogP contribution in [0.15, 0.2) is 77.7 Å². The average molecular weight is 612 g/mol. The lowest BCUT2D eigenvalue weighted by Gasteiger charge is -2.33. The molecule has 12 heteroatoms. The minimum absolute atomic E-state index is 0.0124. The lowest BCUT2D eigenvalue weighted by molar-refractivity contribution is -0.141. The number of benzene rings is 3. The van der Waals surface area contributed by atoms with Crippen LogP contribution < -0.4 is 10.1 Å². The molecule has 42 heavy (non-hydrogen) atoms. The summed E-state index contributed by atoms with van der Waals surface area (Å²) in [4.78, 5) is 42.2. The van der Waals surface area contributed by atoms with Crippen LogP contribution in [-0.2, 0) is 30.9 Å². The van der Waals surface area contributed by atoms with Crippen molar-refractivity contribution in [3.8, 4) is 5.75 Å². The van der Waals surface area contributed by atoms with Gasteiger partial charge in [-0.25, -0.2) is 12.7 Å². The van der Waals surface area contributed by atoms with E-state index >= 15 is 0 Å². The van der Waals surface area contributed by atoms with E-state index in [0.717, 1.165) is 12.8 Å². The zero-order valence-corrected chi connectivity index (χ0v) is 24.4. The average Bonchev–Trinajstić information content (AvgIpc) is 3.58. The Morgan fingerprint density at radius 2 is 1.88 bits per heavy atom. The number of nitrogens with one attached hydrogen (secondary N) is 1. The summed E-state index contributed by atoms with van der Waals surface area (Å²) >= 11 is 6.46. The van der Waals surface area contributed by atoms with Gasteiger partial charge in [-0.1, -0.05) is 54.1 Å². The van der Waals surface area contributed by atoms with Crippen LogP contribution in [0.3, 0.4) is 0 Å². The maximum Gasteiger partial charge on any atom is 0.269 e. The first kappa shape index (κ1) is 29.6. The first-order valence-corrected chi connectivity index (χ1v) is 15.2. The highest BCUT2D eigenvalue weighted by atomic mass is 35.5. The predicted molar refractivity (Wildman–Crippen MR) is 154 cm³/mol. The first-order chi connectivity index (χ1) is 20.2. The van der Waals surface area contributed by atoms with Gasteiger partial charge in [0.1, 0.15) is 23.2 Å². The molecule has 2 aliphatic heterocycles. The molecular formula is C30H30ClN3O7S. The third-order valence-electron chi connectivity index (χ3n) is 7.31. The van der Waals surface area contributed by atoms with Crippen molar-refractivity contribution in [3.05, 3.63) is 94.5 Å². The Morgan fingerprint density at radius 3 is 2.60 bits per heavy atom. The standard InChI is InChI=1S/C30H30ClN3O7S/c1-40-22-10-6-9-20(16-22)28(29(36)32-17-23-11-7-15-41-23)33(18-21-8-2-4-13-25(21)31)27(35)19-34-30(37)24-12-3-5-14-26(24)42(34,38)39/h2-6,8-10,12-14,16,23,28H,7,11,15,17-19H2,1H3,(H,32,36)/t23-,28+/m0/s1. The highest BCUT2D eigenvalue weighted by Crippen LogP contribution is 2.32. The van der Waals surface area contributed by atoms with Gasteiger partial charge in [0.05, 0.1) is 18.8 Å². The summed E-state index contributed by atoms with van der Waals surface area (Å²) in [6.45, 7) is -0.0953. The van der Waals surface area contributed by atoms with Gasteiger partial charge in [-0.15, -0.1) is 0 Å². The van der Waals surface area contributed by atoms with E-state index in [0.29, 0.717) is 32.8 Å². The maximum absolute atomic E-state index is 14.1. The Hall–Kier alpha value is -3.93. The minimum Gasteiger partial charge on any atom is -0.497 e. The fourth-order valence-electron chi connectivity index (χ4n) is 5.14. The van der Waals surface area contributed by atoms with Gasteiger partial charge in [0, 0.05) is 24.7 Å². The number of sulfonamides is 1. The van der Waals surface area contributed by atoms with E-state index in [9.17, 15) is 22.8 Å². The molecule has 0 bridgehead atoms. The third kappa shape index (κ3) is 5.99. The van der Waals surface area contributed by atoms with Crippen molar-refractivity contribution < 1.29 is 32.3 Å². The highest BCUT2D eigenvalue weighted by Gasteiger charge is 2.43. The lowest BCUT2D eigenvalue weighted by Crippen LogP contribution is -2.48. The monoisotopic (exact) mass is 611 g/mol. The highest BCUT2D eigenvalue weighted by molar-refractivity contribution is 7.90. The van der Waals surface area contributed by atoms with E-state index < -0.39 is 40.3 Å². The van der Waals surface area contributed by atoms with Crippen molar-refractivity contribution >= 4 is 39.3 Å². The number of ether oxygens (including phenoxy) is 2. The van der Waals surface area contributed by atoms with Gasteiger partial charge in [0.2, 0.25) is 11.8 Å². The molecule has 0 spiro atoms. The van der Waals surface area contributed by atoms with Gasteiger partial charge in [-0.05, 0) is 54.3 Å². The SMILES string of the molecule is COc1cccc([C@H](C(=O)NC[C@@H]2CCCO2)N(Cc2ccccc2Cl)C(=O)CN2C(=O)c3ccccc3S2(=O)=O)c1. The van der Waals surface area contributed by atoms with E-state index in [1.165, 1.54) is 30.2 Å². The topological polar surface area (TPSA) is 122 Å². The van der Waals surface area contributed by atoms with Gasteiger partial charge in [0.25, 0.3) is 15.9 Å². The Labute approximate surface area is 249 Å². The fraction of sp³-hybridized carbons (Fsp3) is 0.300. The van der Waals surface area contributed by atoms with Crippen LogP contribution in [0.1, 0.15) is 40.4 Å². The number of hydrogen-bond donors (Lipinski definition) is 1. The van der Waals surface area contributed by atoms with Gasteiger partial charge < -0.3 is 19.7 Å². The fourth-order valence-corrected chi connectivity index (χ4v) is 6.85. The number of methoxy groups -OCH3 is 1. The Balaban J connectivity index is 1.53. The second kappa shape index (κ2) is 12.5. The third-order valence-corrected chi connectivity index (χ3v) is 9.46. The molecular weight excluding hydrogens is 582 g/mol. The smallest absolute Gasteiger partial charge is 0.269 e. The van der Waals surface area contributed by atoms with Crippen LogP contribution in [0.5, 0.6) is 5.75 Å². The molecule has 0 aromatic heterocycles. The van der Waals surface area contributed by atoms with Crippen LogP contribution in [0.25, 0.3) is 0 Å². The molecule has 10 nitrogen and oxygen atoms in total. The second-order valence-corrected chi connectivity index (χ2v) is 12.2. The number of carbonyl (C=O) groups is 3. The van der Waals surface area contributed by atoms with E-state index in [1.807, 2.05) is 0 Å². The number of rotatable bonds is 10. The minimum atomic E-state index is -4.27. The first-order valence-electron chi connectivity index (χ1n) is 13.4. The number of hydrogen-bond acceptors (Lipinski definition) is 7. The molecule has 2 atom stereocenters. The van der Waals surface area contributed by atoms with E-state index in [4.69, 9.17) is 21.1 Å². The number of fused-ring (bicyclic) bond motifs is 1. The number of amides is 3. The number of nitrogens with zero attached hydrogens (tertiary/aromatic N) is 2. The molecule has 2 heterocycles. The molecule has 0 aliphatic carbocycles. The van der Waals surface area contributed by atoms with Crippen LogP contribution in [0.2, 0.25) is 5.02 Å². The summed E-state index contributed by atoms with van der Waals surface area (Å²) in [6.07, 6.45) is 1.53. The molecule has 0 radical (unpaired) electrons. The van der Waals surface area contributed by atoms with Crippen molar-refractivity contribution in [2.75, 3.05) is 26.8 Å². The second-order valence-electron chi connectivity index (χ2n) is 9.99. The van der Waals surface area contributed by atoms with E-state index in [2.05, 4.69) is 5.32 Å². The Kier molecular flexibility index (Phi) is 8.81. The molecule has 220 valence electrons. The summed E-state index contributed by atoms with van der Waals surface area (Å²) in [5, 5.41) is 3.26. The molecule has 3 aromatic rings.